The van der Waals surface area contributed by atoms with Gasteiger partial charge in [-0.15, -0.1) is 0 Å². The van der Waals surface area contributed by atoms with Gasteiger partial charge in [0.15, 0.2) is 0 Å². The number of carbonyl (C=O) groups is 1. The third kappa shape index (κ3) is 4.47. The smallest absolute Gasteiger partial charge is 0.304 e. The van der Waals surface area contributed by atoms with Crippen LogP contribution in [-0.4, -0.2) is 54.8 Å². The highest BCUT2D eigenvalue weighted by atomic mass is 32.2. The maximum absolute atomic E-state index is 14.5. The van der Waals surface area contributed by atoms with Crippen molar-refractivity contribution >= 4 is 21.9 Å². The lowest BCUT2D eigenvalue weighted by Crippen LogP contribution is -2.45. The van der Waals surface area contributed by atoms with E-state index in [1.54, 1.807) is 24.3 Å². The minimum absolute atomic E-state index is 0.129. The number of benzene rings is 1. The van der Waals surface area contributed by atoms with Crippen LogP contribution in [0, 0.1) is 11.7 Å². The molecule has 2 atom stereocenters. The van der Waals surface area contributed by atoms with Gasteiger partial charge in [-0.2, -0.15) is 12.7 Å². The lowest BCUT2D eigenvalue weighted by Gasteiger charge is -2.36. The van der Waals surface area contributed by atoms with Gasteiger partial charge in [0.05, 0.1) is 11.3 Å². The molecular formula is C23H30FN5O3S. The van der Waals surface area contributed by atoms with Crippen molar-refractivity contribution in [3.05, 3.63) is 47.8 Å². The van der Waals surface area contributed by atoms with Crippen LogP contribution in [0.1, 0.15) is 44.0 Å². The molecule has 33 heavy (non-hydrogen) atoms. The molecule has 2 saturated heterocycles. The number of hydrogen-bond donors (Lipinski definition) is 2. The molecule has 2 fully saturated rings. The van der Waals surface area contributed by atoms with E-state index in [0.29, 0.717) is 36.0 Å². The summed E-state index contributed by atoms with van der Waals surface area (Å²) in [6.07, 6.45) is 1.43. The molecule has 8 nitrogen and oxygen atoms in total. The first-order valence-electron chi connectivity index (χ1n) is 11.1. The summed E-state index contributed by atoms with van der Waals surface area (Å²) in [5.74, 6) is -0.526. The van der Waals surface area contributed by atoms with Crippen molar-refractivity contribution in [3.8, 4) is 11.3 Å². The van der Waals surface area contributed by atoms with Crippen molar-refractivity contribution in [2.75, 3.05) is 24.5 Å². The van der Waals surface area contributed by atoms with Crippen molar-refractivity contribution in [2.45, 2.75) is 45.2 Å². The minimum atomic E-state index is -4.04. The Morgan fingerprint density at radius 2 is 1.91 bits per heavy atom. The van der Waals surface area contributed by atoms with Crippen LogP contribution in [0.25, 0.3) is 11.3 Å². The minimum Gasteiger partial charge on any atom is -0.351 e. The molecule has 2 aliphatic rings. The number of amides is 1. The van der Waals surface area contributed by atoms with Crippen molar-refractivity contribution < 1.29 is 17.6 Å². The van der Waals surface area contributed by atoms with Gasteiger partial charge in [0.2, 0.25) is 0 Å². The Kier molecular flexibility index (Phi) is 6.19. The third-order valence-electron chi connectivity index (χ3n) is 6.96. The van der Waals surface area contributed by atoms with E-state index in [-0.39, 0.29) is 30.2 Å². The van der Waals surface area contributed by atoms with E-state index >= 15 is 0 Å². The third-order valence-corrected chi connectivity index (χ3v) is 8.42. The molecule has 0 bridgehead atoms. The number of anilines is 1. The number of nitrogens with zero attached hydrogens (tertiary/aromatic N) is 3. The number of nitrogens with two attached hydrogens (primary N) is 1. The highest BCUT2D eigenvalue weighted by Gasteiger charge is 2.41. The normalized spacial score (nSPS) is 23.1. The average Bonchev–Trinajstić information content (AvgIpc) is 3.31. The predicted octanol–water partition coefficient (Wildman–Crippen LogP) is 2.52. The summed E-state index contributed by atoms with van der Waals surface area (Å²) in [6, 6.07) is 9.11. The van der Waals surface area contributed by atoms with E-state index in [0.717, 1.165) is 6.42 Å². The zero-order valence-electron chi connectivity index (χ0n) is 19.1. The predicted molar refractivity (Wildman–Crippen MR) is 125 cm³/mol. The number of hydrogen-bond acceptors (Lipinski definition) is 6. The maximum Gasteiger partial charge on any atom is 0.304 e. The van der Waals surface area contributed by atoms with Gasteiger partial charge in [-0.3, -0.25) is 4.79 Å². The molecule has 10 heteroatoms. The van der Waals surface area contributed by atoms with Gasteiger partial charge in [-0.05, 0) is 56.9 Å². The summed E-state index contributed by atoms with van der Waals surface area (Å²) in [6.45, 7) is 7.32. The second kappa shape index (κ2) is 8.66. The van der Waals surface area contributed by atoms with Gasteiger partial charge in [-0.1, -0.05) is 19.1 Å². The molecule has 1 aromatic carbocycles. The van der Waals surface area contributed by atoms with E-state index in [4.69, 9.17) is 5.73 Å². The Bertz CT molecular complexity index is 1170. The molecule has 2 aliphatic heterocycles. The molecule has 2 aromatic rings. The second-order valence-corrected chi connectivity index (χ2v) is 11.1. The molecular weight excluding hydrogens is 445 g/mol. The van der Waals surface area contributed by atoms with E-state index < -0.39 is 21.9 Å². The topological polar surface area (TPSA) is 109 Å². The molecule has 1 amide bonds. The molecule has 0 aliphatic carbocycles. The maximum atomic E-state index is 14.5. The summed E-state index contributed by atoms with van der Waals surface area (Å²) < 4.78 is 43.3. The number of carbonyl (C=O) groups excluding carboxylic acids is 1. The molecule has 1 unspecified atom stereocenters. The van der Waals surface area contributed by atoms with Crippen LogP contribution in [-0.2, 0) is 10.2 Å². The fraction of sp³-hybridized carbons (Fsp3) is 0.478. The number of rotatable bonds is 5. The lowest BCUT2D eigenvalue weighted by molar-refractivity contribution is 0.0979. The van der Waals surface area contributed by atoms with Crippen molar-refractivity contribution in [2.24, 2.45) is 11.7 Å². The van der Waals surface area contributed by atoms with E-state index in [9.17, 15) is 17.6 Å². The molecule has 3 heterocycles. The number of aromatic nitrogens is 1. The van der Waals surface area contributed by atoms with Gasteiger partial charge in [-0.25, -0.2) is 14.1 Å². The summed E-state index contributed by atoms with van der Waals surface area (Å²) in [5, 5.41) is 0. The van der Waals surface area contributed by atoms with Gasteiger partial charge in [0.1, 0.15) is 11.6 Å². The summed E-state index contributed by atoms with van der Waals surface area (Å²) in [5.41, 5.74) is 6.33. The van der Waals surface area contributed by atoms with Crippen LogP contribution in [0.2, 0.25) is 0 Å². The fourth-order valence-electron chi connectivity index (χ4n) is 4.47. The molecule has 1 aromatic heterocycles. The zero-order valence-corrected chi connectivity index (χ0v) is 19.9. The molecule has 0 radical (unpaired) electrons. The van der Waals surface area contributed by atoms with E-state index in [1.807, 2.05) is 4.90 Å². The van der Waals surface area contributed by atoms with Crippen molar-refractivity contribution in [3.63, 3.8) is 0 Å². The molecule has 0 saturated carbocycles. The van der Waals surface area contributed by atoms with Gasteiger partial charge in [0, 0.05) is 36.8 Å². The highest BCUT2D eigenvalue weighted by molar-refractivity contribution is 7.87. The van der Waals surface area contributed by atoms with E-state index in [1.165, 1.54) is 16.4 Å². The number of halogens is 1. The number of pyridine rings is 1. The highest BCUT2D eigenvalue weighted by Crippen LogP contribution is 2.39. The average molecular weight is 476 g/mol. The summed E-state index contributed by atoms with van der Waals surface area (Å²) in [7, 11) is -4.04. The van der Waals surface area contributed by atoms with Crippen molar-refractivity contribution in [1.82, 2.24) is 14.0 Å². The van der Waals surface area contributed by atoms with Gasteiger partial charge < -0.3 is 10.6 Å². The standard InChI is InChI=1S/C23H30FN5O3S/c1-15-10-13-29(23(15,2)3)21-18(8-9-20(26-21)17-6-4-5-7-19(17)24)22(30)27-33(31,32)28-12-11-16(25)14-28/h4-9,15-16H,10-14,25H2,1-3H3,(H,27,30)/t15?,16-/m0/s1. The summed E-state index contributed by atoms with van der Waals surface area (Å²) >= 11 is 0. The van der Waals surface area contributed by atoms with E-state index in [2.05, 4.69) is 30.5 Å². The van der Waals surface area contributed by atoms with Crippen LogP contribution in [0.3, 0.4) is 0 Å². The first-order valence-corrected chi connectivity index (χ1v) is 12.6. The molecule has 3 N–H and O–H groups in total. The Morgan fingerprint density at radius 3 is 2.52 bits per heavy atom. The first kappa shape index (κ1) is 23.6. The van der Waals surface area contributed by atoms with Crippen LogP contribution in [0.4, 0.5) is 10.2 Å². The van der Waals surface area contributed by atoms with Crippen LogP contribution in [0.15, 0.2) is 36.4 Å². The zero-order chi connectivity index (χ0) is 24.0. The van der Waals surface area contributed by atoms with Crippen LogP contribution < -0.4 is 15.4 Å². The quantitative estimate of drug-likeness (QED) is 0.688. The fourth-order valence-corrected chi connectivity index (χ4v) is 5.68. The summed E-state index contributed by atoms with van der Waals surface area (Å²) in [4.78, 5) is 19.9. The Morgan fingerprint density at radius 1 is 1.18 bits per heavy atom. The Labute approximate surface area is 194 Å². The monoisotopic (exact) mass is 475 g/mol. The molecule has 0 spiro atoms. The molecule has 4 rings (SSSR count). The van der Waals surface area contributed by atoms with Crippen LogP contribution in [0.5, 0.6) is 0 Å². The number of nitrogens with one attached hydrogen (secondary N) is 1. The first-order chi connectivity index (χ1) is 15.5. The second-order valence-electron chi connectivity index (χ2n) is 9.39. The van der Waals surface area contributed by atoms with Crippen molar-refractivity contribution in [1.29, 1.82) is 0 Å². The molecule has 178 valence electrons. The largest absolute Gasteiger partial charge is 0.351 e. The Balaban J connectivity index is 1.74. The lowest BCUT2D eigenvalue weighted by atomic mass is 9.90. The SMILES string of the molecule is CC1CCN(c2nc(-c3ccccc3F)ccc2C(=O)NS(=O)(=O)N2CC[C@H](N)C2)C1(C)C. The van der Waals surface area contributed by atoms with Gasteiger partial charge in [0.25, 0.3) is 5.91 Å². The van der Waals surface area contributed by atoms with Crippen LogP contribution >= 0.6 is 0 Å². The van der Waals surface area contributed by atoms with Gasteiger partial charge >= 0.3 is 10.2 Å². The Hall–Kier alpha value is -2.56.